The molecule has 2 fully saturated rings. The van der Waals surface area contributed by atoms with E-state index in [0.717, 1.165) is 0 Å². The third kappa shape index (κ3) is 1.23. The lowest BCUT2D eigenvalue weighted by Gasteiger charge is -2.33. The van der Waals surface area contributed by atoms with Gasteiger partial charge in [-0.2, -0.15) is 0 Å². The maximum Gasteiger partial charge on any atom is 0.275 e. The van der Waals surface area contributed by atoms with Gasteiger partial charge >= 0.3 is 0 Å². The number of hydrogen-bond donors (Lipinski definition) is 1. The van der Waals surface area contributed by atoms with Crippen molar-refractivity contribution in [3.8, 4) is 0 Å². The van der Waals surface area contributed by atoms with E-state index in [2.05, 4.69) is 5.32 Å². The van der Waals surface area contributed by atoms with E-state index in [-0.39, 0.29) is 18.6 Å². The fraction of sp³-hybridized carbons (Fsp3) is 1.00. The Labute approximate surface area is 70.3 Å². The van der Waals surface area contributed by atoms with Gasteiger partial charge in [-0.3, -0.25) is 0 Å². The molecule has 2 aliphatic rings. The summed E-state index contributed by atoms with van der Waals surface area (Å²) in [5, 5.41) is 3.08. The summed E-state index contributed by atoms with van der Waals surface area (Å²) in [6, 6.07) is -0.129. The molecule has 0 aromatic heterocycles. The molecule has 0 amide bonds. The van der Waals surface area contributed by atoms with Crippen LogP contribution in [0.2, 0.25) is 0 Å². The van der Waals surface area contributed by atoms with Gasteiger partial charge in [0.1, 0.15) is 6.10 Å². The van der Waals surface area contributed by atoms with E-state index in [1.54, 1.807) is 0 Å². The number of nitrogens with one attached hydrogen (secondary N) is 1. The van der Waals surface area contributed by atoms with Crippen LogP contribution in [0, 0.1) is 0 Å². The topological polar surface area (TPSA) is 21.3 Å². The van der Waals surface area contributed by atoms with E-state index in [0.29, 0.717) is 13.0 Å². The fourth-order valence-corrected chi connectivity index (χ4v) is 1.96. The zero-order chi connectivity index (χ0) is 8.77. The van der Waals surface area contributed by atoms with Crippen molar-refractivity contribution in [2.24, 2.45) is 0 Å². The summed E-state index contributed by atoms with van der Waals surface area (Å²) in [4.78, 5) is 0. The van der Waals surface area contributed by atoms with E-state index < -0.39 is 12.0 Å². The van der Waals surface area contributed by atoms with Crippen LogP contribution in [-0.4, -0.2) is 30.7 Å². The summed E-state index contributed by atoms with van der Waals surface area (Å²) in [6.45, 7) is 2.51. The second kappa shape index (κ2) is 2.64. The summed E-state index contributed by atoms with van der Waals surface area (Å²) in [5.41, 5.74) is 0. The molecule has 3 atom stereocenters. The molecular formula is C8H13F2NO. The van der Waals surface area contributed by atoms with Crippen LogP contribution < -0.4 is 5.32 Å². The van der Waals surface area contributed by atoms with Crippen molar-refractivity contribution in [2.75, 3.05) is 6.54 Å². The second-order valence-corrected chi connectivity index (χ2v) is 3.68. The Kier molecular flexibility index (Phi) is 1.84. The van der Waals surface area contributed by atoms with Gasteiger partial charge < -0.3 is 10.1 Å². The molecule has 0 bridgehead atoms. The zero-order valence-corrected chi connectivity index (χ0v) is 7.02. The molecule has 12 heavy (non-hydrogen) atoms. The van der Waals surface area contributed by atoms with E-state index in [1.165, 1.54) is 0 Å². The molecule has 0 spiro atoms. The normalized spacial score (nSPS) is 45.8. The van der Waals surface area contributed by atoms with Crippen LogP contribution in [-0.2, 0) is 4.74 Å². The molecule has 1 N–H and O–H groups in total. The monoisotopic (exact) mass is 177 g/mol. The van der Waals surface area contributed by atoms with E-state index >= 15 is 0 Å². The summed E-state index contributed by atoms with van der Waals surface area (Å²) in [5.74, 6) is -2.62. The van der Waals surface area contributed by atoms with E-state index in [1.807, 2.05) is 6.92 Å². The van der Waals surface area contributed by atoms with Crippen molar-refractivity contribution in [2.45, 2.75) is 43.9 Å². The Morgan fingerprint density at radius 3 is 3.00 bits per heavy atom. The van der Waals surface area contributed by atoms with Crippen LogP contribution in [0.4, 0.5) is 8.78 Å². The van der Waals surface area contributed by atoms with Crippen LogP contribution in [0.25, 0.3) is 0 Å². The first-order valence-electron chi connectivity index (χ1n) is 4.36. The molecule has 1 aliphatic heterocycles. The number of halogens is 2. The Morgan fingerprint density at radius 1 is 1.50 bits per heavy atom. The first-order chi connectivity index (χ1) is 5.59. The number of alkyl halides is 2. The Hall–Kier alpha value is -0.220. The minimum atomic E-state index is -2.62. The third-order valence-electron chi connectivity index (χ3n) is 2.62. The second-order valence-electron chi connectivity index (χ2n) is 3.68. The smallest absolute Gasteiger partial charge is 0.275 e. The van der Waals surface area contributed by atoms with Crippen LogP contribution >= 0.6 is 0 Å². The van der Waals surface area contributed by atoms with Gasteiger partial charge in [-0.05, 0) is 13.3 Å². The average Bonchev–Trinajstić information content (AvgIpc) is 2.28. The molecule has 70 valence electrons. The number of morpholine rings is 1. The van der Waals surface area contributed by atoms with E-state index in [9.17, 15) is 8.78 Å². The lowest BCUT2D eigenvalue weighted by Crippen LogP contribution is -2.53. The lowest BCUT2D eigenvalue weighted by molar-refractivity contribution is -0.157. The van der Waals surface area contributed by atoms with Crippen molar-refractivity contribution in [3.05, 3.63) is 0 Å². The fourth-order valence-electron chi connectivity index (χ4n) is 1.96. The minimum Gasteiger partial charge on any atom is -0.366 e. The molecule has 0 aromatic carbocycles. The molecule has 1 heterocycles. The van der Waals surface area contributed by atoms with Gasteiger partial charge in [-0.1, -0.05) is 0 Å². The van der Waals surface area contributed by atoms with Gasteiger partial charge in [0.2, 0.25) is 0 Å². The summed E-state index contributed by atoms with van der Waals surface area (Å²) >= 11 is 0. The largest absolute Gasteiger partial charge is 0.366 e. The van der Waals surface area contributed by atoms with Crippen molar-refractivity contribution >= 4 is 0 Å². The van der Waals surface area contributed by atoms with E-state index in [4.69, 9.17) is 4.74 Å². The highest BCUT2D eigenvalue weighted by Crippen LogP contribution is 2.39. The molecule has 1 aliphatic carbocycles. The summed E-state index contributed by atoms with van der Waals surface area (Å²) in [6.07, 6.45) is -0.483. The van der Waals surface area contributed by atoms with Crippen molar-refractivity contribution in [1.29, 1.82) is 0 Å². The predicted molar refractivity (Wildman–Crippen MR) is 40.3 cm³/mol. The number of hydrogen-bond acceptors (Lipinski definition) is 2. The summed E-state index contributed by atoms with van der Waals surface area (Å²) < 4.78 is 31.4. The molecular weight excluding hydrogens is 164 g/mol. The highest BCUT2D eigenvalue weighted by molar-refractivity contribution is 4.99. The molecule has 2 rings (SSSR count). The molecule has 3 unspecified atom stereocenters. The van der Waals surface area contributed by atoms with Gasteiger partial charge in [0.15, 0.2) is 0 Å². The van der Waals surface area contributed by atoms with Gasteiger partial charge in [0.05, 0.1) is 6.10 Å². The Bertz CT molecular complexity index is 186. The zero-order valence-electron chi connectivity index (χ0n) is 7.02. The third-order valence-corrected chi connectivity index (χ3v) is 2.62. The van der Waals surface area contributed by atoms with Crippen LogP contribution in [0.3, 0.4) is 0 Å². The van der Waals surface area contributed by atoms with Crippen LogP contribution in [0.1, 0.15) is 19.8 Å². The highest BCUT2D eigenvalue weighted by atomic mass is 19.3. The van der Waals surface area contributed by atoms with Crippen LogP contribution in [0.5, 0.6) is 0 Å². The van der Waals surface area contributed by atoms with Gasteiger partial charge in [0, 0.05) is 19.0 Å². The first-order valence-corrected chi connectivity index (χ1v) is 4.36. The Morgan fingerprint density at radius 2 is 2.25 bits per heavy atom. The molecule has 0 aromatic rings. The average molecular weight is 177 g/mol. The van der Waals surface area contributed by atoms with Crippen molar-refractivity contribution in [3.63, 3.8) is 0 Å². The molecule has 1 saturated heterocycles. The minimum absolute atomic E-state index is 0.0396. The molecule has 1 saturated carbocycles. The molecule has 4 heteroatoms. The maximum absolute atomic E-state index is 13.1. The highest BCUT2D eigenvalue weighted by Gasteiger charge is 2.52. The van der Waals surface area contributed by atoms with Gasteiger partial charge in [-0.25, -0.2) is 8.78 Å². The maximum atomic E-state index is 13.1. The van der Waals surface area contributed by atoms with Gasteiger partial charge in [-0.15, -0.1) is 0 Å². The number of ether oxygens (including phenoxy) is 1. The number of fused-ring (bicyclic) bond motifs is 1. The Balaban J connectivity index is 2.10. The number of rotatable bonds is 0. The van der Waals surface area contributed by atoms with Crippen LogP contribution in [0.15, 0.2) is 0 Å². The summed E-state index contributed by atoms with van der Waals surface area (Å²) in [7, 11) is 0. The standard InChI is InChI=1S/C8H13F2NO/c1-5-4-11-6-2-3-8(9,10)7(6)12-5/h5-7,11H,2-4H2,1H3. The van der Waals surface area contributed by atoms with Crippen molar-refractivity contribution < 1.29 is 13.5 Å². The molecule has 2 nitrogen and oxygen atoms in total. The van der Waals surface area contributed by atoms with Gasteiger partial charge in [0.25, 0.3) is 5.92 Å². The molecule has 0 radical (unpaired) electrons. The first kappa shape index (κ1) is 8.38. The van der Waals surface area contributed by atoms with Crippen molar-refractivity contribution in [1.82, 2.24) is 5.32 Å². The lowest BCUT2D eigenvalue weighted by atomic mass is 10.1. The SMILES string of the molecule is CC1CNC2CCC(F)(F)C2O1. The quantitative estimate of drug-likeness (QED) is 0.599. The predicted octanol–water partition coefficient (Wildman–Crippen LogP) is 1.16.